The van der Waals surface area contributed by atoms with E-state index in [9.17, 15) is 8.42 Å². The Balaban J connectivity index is 1.58. The summed E-state index contributed by atoms with van der Waals surface area (Å²) in [6, 6.07) is 11.0. The van der Waals surface area contributed by atoms with Crippen LogP contribution in [0.25, 0.3) is 21.3 Å². The number of thiophene rings is 1. The first-order chi connectivity index (χ1) is 13.5. The fourth-order valence-corrected chi connectivity index (χ4v) is 6.21. The summed E-state index contributed by atoms with van der Waals surface area (Å²) in [4.78, 5) is 6.01. The molecule has 0 spiro atoms. The molecule has 1 saturated heterocycles. The Bertz CT molecular complexity index is 1060. The molecule has 0 unspecified atom stereocenters. The van der Waals surface area contributed by atoms with Gasteiger partial charge in [-0.2, -0.15) is 0 Å². The number of aromatic amines is 1. The minimum Gasteiger partial charge on any atom is -0.361 e. The van der Waals surface area contributed by atoms with Crippen LogP contribution in [0.4, 0.5) is 0 Å². The fraction of sp³-hybridized carbons (Fsp3) is 0.429. The van der Waals surface area contributed by atoms with Crippen LogP contribution < -0.4 is 5.32 Å². The molecule has 3 aromatic rings. The van der Waals surface area contributed by atoms with Crippen LogP contribution in [0.2, 0.25) is 0 Å². The number of hydrogen-bond acceptors (Lipinski definition) is 4. The van der Waals surface area contributed by atoms with Crippen LogP contribution in [0.15, 0.2) is 36.5 Å². The summed E-state index contributed by atoms with van der Waals surface area (Å²) in [6.07, 6.45) is 3.87. The minimum atomic E-state index is -3.08. The molecule has 150 valence electrons. The van der Waals surface area contributed by atoms with E-state index in [1.807, 2.05) is 18.4 Å². The van der Waals surface area contributed by atoms with E-state index in [0.29, 0.717) is 19.0 Å². The first kappa shape index (κ1) is 19.6. The van der Waals surface area contributed by atoms with Crippen molar-refractivity contribution in [1.29, 1.82) is 0 Å². The predicted octanol–water partition coefficient (Wildman–Crippen LogP) is 4.14. The number of sulfonamides is 1. The molecule has 2 aromatic heterocycles. The van der Waals surface area contributed by atoms with Crippen LogP contribution in [-0.2, 0) is 16.6 Å². The second-order valence-electron chi connectivity index (χ2n) is 7.37. The van der Waals surface area contributed by atoms with Gasteiger partial charge in [0.15, 0.2) is 0 Å². The highest BCUT2D eigenvalue weighted by Crippen LogP contribution is 2.37. The SMILES string of the molecule is CCS(=O)(=O)N1CCC(c2c[nH]c3ccc(-c4ccc(CNC)s4)cc23)CC1. The van der Waals surface area contributed by atoms with Crippen LogP contribution in [-0.4, -0.2) is 43.6 Å². The third kappa shape index (κ3) is 3.76. The highest BCUT2D eigenvalue weighted by Gasteiger charge is 2.28. The van der Waals surface area contributed by atoms with Crippen molar-refractivity contribution in [3.05, 3.63) is 47.0 Å². The zero-order chi connectivity index (χ0) is 19.7. The highest BCUT2D eigenvalue weighted by molar-refractivity contribution is 7.89. The highest BCUT2D eigenvalue weighted by atomic mass is 32.2. The summed E-state index contributed by atoms with van der Waals surface area (Å²) in [5, 5.41) is 4.47. The maximum atomic E-state index is 12.1. The Morgan fingerprint density at radius 3 is 2.71 bits per heavy atom. The Labute approximate surface area is 170 Å². The van der Waals surface area contributed by atoms with Crippen molar-refractivity contribution < 1.29 is 8.42 Å². The zero-order valence-electron chi connectivity index (χ0n) is 16.4. The van der Waals surface area contributed by atoms with Gasteiger partial charge in [0, 0.05) is 46.5 Å². The second kappa shape index (κ2) is 7.99. The van der Waals surface area contributed by atoms with Crippen molar-refractivity contribution >= 4 is 32.3 Å². The van der Waals surface area contributed by atoms with Crippen molar-refractivity contribution in [3.8, 4) is 10.4 Å². The number of H-pyrrole nitrogens is 1. The molecule has 0 bridgehead atoms. The van der Waals surface area contributed by atoms with Gasteiger partial charge in [-0.25, -0.2) is 12.7 Å². The molecule has 4 rings (SSSR count). The van der Waals surface area contributed by atoms with Crippen molar-refractivity contribution in [2.24, 2.45) is 0 Å². The average Bonchev–Trinajstić information content (AvgIpc) is 3.35. The largest absolute Gasteiger partial charge is 0.361 e. The summed E-state index contributed by atoms with van der Waals surface area (Å²) < 4.78 is 25.9. The maximum Gasteiger partial charge on any atom is 0.213 e. The number of aromatic nitrogens is 1. The fourth-order valence-electron chi connectivity index (χ4n) is 4.06. The summed E-state index contributed by atoms with van der Waals surface area (Å²) >= 11 is 1.82. The van der Waals surface area contributed by atoms with Gasteiger partial charge in [-0.05, 0) is 68.1 Å². The number of nitrogens with one attached hydrogen (secondary N) is 2. The third-order valence-electron chi connectivity index (χ3n) is 5.66. The van der Waals surface area contributed by atoms with Crippen LogP contribution in [0.1, 0.15) is 36.1 Å². The Morgan fingerprint density at radius 1 is 1.21 bits per heavy atom. The van der Waals surface area contributed by atoms with E-state index in [4.69, 9.17) is 0 Å². The van der Waals surface area contributed by atoms with Crippen LogP contribution in [0.3, 0.4) is 0 Å². The average molecular weight is 418 g/mol. The van der Waals surface area contributed by atoms with Gasteiger partial charge in [0.1, 0.15) is 0 Å². The quantitative estimate of drug-likeness (QED) is 0.633. The summed E-state index contributed by atoms with van der Waals surface area (Å²) in [5.41, 5.74) is 3.71. The molecule has 7 heteroatoms. The normalized spacial score (nSPS) is 16.8. The molecule has 0 aliphatic carbocycles. The van der Waals surface area contributed by atoms with Gasteiger partial charge < -0.3 is 10.3 Å². The van der Waals surface area contributed by atoms with Gasteiger partial charge in [0.05, 0.1) is 5.75 Å². The van der Waals surface area contributed by atoms with E-state index in [0.717, 1.165) is 24.9 Å². The Hall–Kier alpha value is -1.67. The smallest absolute Gasteiger partial charge is 0.213 e. The van der Waals surface area contributed by atoms with E-state index in [1.165, 1.54) is 26.3 Å². The number of rotatable bonds is 6. The van der Waals surface area contributed by atoms with Crippen molar-refractivity contribution in [2.75, 3.05) is 25.9 Å². The lowest BCUT2D eigenvalue weighted by Crippen LogP contribution is -2.38. The van der Waals surface area contributed by atoms with Gasteiger partial charge in [-0.1, -0.05) is 6.07 Å². The van der Waals surface area contributed by atoms with Gasteiger partial charge in [-0.15, -0.1) is 11.3 Å². The number of fused-ring (bicyclic) bond motifs is 1. The number of hydrogen-bond donors (Lipinski definition) is 2. The monoisotopic (exact) mass is 417 g/mol. The molecule has 5 nitrogen and oxygen atoms in total. The molecule has 0 radical (unpaired) electrons. The molecule has 1 aliphatic heterocycles. The third-order valence-corrected chi connectivity index (χ3v) is 8.68. The molecule has 1 aliphatic rings. The lowest BCUT2D eigenvalue weighted by molar-refractivity contribution is 0.321. The van der Waals surface area contributed by atoms with Crippen LogP contribution >= 0.6 is 11.3 Å². The zero-order valence-corrected chi connectivity index (χ0v) is 18.0. The number of nitrogens with zero attached hydrogens (tertiary/aromatic N) is 1. The molecular formula is C21H27N3O2S2. The minimum absolute atomic E-state index is 0.185. The summed E-state index contributed by atoms with van der Waals surface area (Å²) in [6.45, 7) is 3.84. The van der Waals surface area contributed by atoms with Gasteiger partial charge in [0.25, 0.3) is 0 Å². The molecule has 0 amide bonds. The lowest BCUT2D eigenvalue weighted by Gasteiger charge is -2.30. The molecular weight excluding hydrogens is 390 g/mol. The molecule has 1 aromatic carbocycles. The molecule has 3 heterocycles. The van der Waals surface area contributed by atoms with Crippen LogP contribution in [0.5, 0.6) is 0 Å². The van der Waals surface area contributed by atoms with Crippen molar-refractivity contribution in [3.63, 3.8) is 0 Å². The molecule has 2 N–H and O–H groups in total. The van der Waals surface area contributed by atoms with Gasteiger partial charge in [-0.3, -0.25) is 0 Å². The van der Waals surface area contributed by atoms with Crippen LogP contribution in [0, 0.1) is 0 Å². The second-order valence-corrected chi connectivity index (χ2v) is 10.8. The standard InChI is InChI=1S/C21H27N3O2S2/c1-3-28(25,26)24-10-8-15(9-11-24)19-14-23-20-6-4-16(12-18(19)20)21-7-5-17(27-21)13-22-2/h4-7,12,14-15,22-23H,3,8-11,13H2,1-2H3. The molecule has 0 atom stereocenters. The van der Waals surface area contributed by atoms with Gasteiger partial charge >= 0.3 is 0 Å². The molecule has 0 saturated carbocycles. The molecule has 1 fully saturated rings. The van der Waals surface area contributed by atoms with E-state index in [1.54, 1.807) is 11.2 Å². The van der Waals surface area contributed by atoms with E-state index in [-0.39, 0.29) is 5.75 Å². The predicted molar refractivity (Wildman–Crippen MR) is 117 cm³/mol. The summed E-state index contributed by atoms with van der Waals surface area (Å²) in [5.74, 6) is 0.584. The number of piperidine rings is 1. The van der Waals surface area contributed by atoms with E-state index in [2.05, 4.69) is 46.8 Å². The van der Waals surface area contributed by atoms with Crippen molar-refractivity contribution in [2.45, 2.75) is 32.2 Å². The molecule has 28 heavy (non-hydrogen) atoms. The lowest BCUT2D eigenvalue weighted by atomic mass is 9.89. The Morgan fingerprint density at radius 2 is 2.00 bits per heavy atom. The topological polar surface area (TPSA) is 65.2 Å². The summed E-state index contributed by atoms with van der Waals surface area (Å²) in [7, 11) is -1.11. The Kier molecular flexibility index (Phi) is 5.60. The maximum absolute atomic E-state index is 12.1. The van der Waals surface area contributed by atoms with E-state index >= 15 is 0 Å². The number of benzene rings is 1. The first-order valence-corrected chi connectivity index (χ1v) is 12.3. The van der Waals surface area contributed by atoms with E-state index < -0.39 is 10.0 Å². The van der Waals surface area contributed by atoms with Crippen molar-refractivity contribution in [1.82, 2.24) is 14.6 Å². The van der Waals surface area contributed by atoms with Gasteiger partial charge in [0.2, 0.25) is 10.0 Å². The first-order valence-electron chi connectivity index (χ1n) is 9.84.